The van der Waals surface area contributed by atoms with Gasteiger partial charge in [-0.3, -0.25) is 4.79 Å². The molecule has 3 rings (SSSR count). The number of nitrogens with one attached hydrogen (secondary N) is 1. The van der Waals surface area contributed by atoms with Crippen molar-refractivity contribution in [2.24, 2.45) is 0 Å². The number of hydrogen-bond acceptors (Lipinski definition) is 4. The Bertz CT molecular complexity index is 608. The number of thioether (sulfide) groups is 1. The third-order valence-corrected chi connectivity index (χ3v) is 4.91. The third-order valence-electron chi connectivity index (χ3n) is 2.89. The molecule has 6 heteroatoms. The van der Waals surface area contributed by atoms with Crippen molar-refractivity contribution in [1.29, 1.82) is 0 Å². The minimum absolute atomic E-state index is 0.0658. The molecule has 0 atom stereocenters. The van der Waals surface area contributed by atoms with Crippen LogP contribution in [0.4, 0.5) is 4.39 Å². The highest BCUT2D eigenvalue weighted by Gasteiger charge is 2.23. The first kappa shape index (κ1) is 13.6. The minimum atomic E-state index is -0.254. The molecule has 1 N–H and O–H groups in total. The monoisotopic (exact) mass is 308 g/mol. The lowest BCUT2D eigenvalue weighted by Gasteiger charge is -2.00. The molecule has 1 saturated carbocycles. The second-order valence-corrected chi connectivity index (χ2v) is 6.72. The molecule has 3 nitrogen and oxygen atoms in total. The molecule has 0 unspecified atom stereocenters. The van der Waals surface area contributed by atoms with E-state index in [9.17, 15) is 9.18 Å². The SMILES string of the molecule is O=C(CSc1nc(-c2ccc(F)cc2)cs1)NC1CC1. The molecule has 1 aromatic carbocycles. The Labute approximate surface area is 124 Å². The molecular weight excluding hydrogens is 295 g/mol. The number of hydrogen-bond donors (Lipinski definition) is 1. The average molecular weight is 308 g/mol. The van der Waals surface area contributed by atoms with Crippen LogP contribution in [-0.2, 0) is 4.79 Å². The Morgan fingerprint density at radius 3 is 2.85 bits per heavy atom. The van der Waals surface area contributed by atoms with Gasteiger partial charge in [-0.05, 0) is 37.1 Å². The van der Waals surface area contributed by atoms with Crippen molar-refractivity contribution in [2.75, 3.05) is 5.75 Å². The number of aromatic nitrogens is 1. The molecule has 0 radical (unpaired) electrons. The maximum absolute atomic E-state index is 12.9. The molecule has 0 bridgehead atoms. The topological polar surface area (TPSA) is 42.0 Å². The van der Waals surface area contributed by atoms with Crippen LogP contribution in [0.15, 0.2) is 34.0 Å². The van der Waals surface area contributed by atoms with Gasteiger partial charge < -0.3 is 5.32 Å². The van der Waals surface area contributed by atoms with Gasteiger partial charge in [0.1, 0.15) is 5.82 Å². The van der Waals surface area contributed by atoms with Crippen LogP contribution >= 0.6 is 23.1 Å². The van der Waals surface area contributed by atoms with E-state index < -0.39 is 0 Å². The maximum atomic E-state index is 12.9. The number of carbonyl (C=O) groups is 1. The minimum Gasteiger partial charge on any atom is -0.353 e. The summed E-state index contributed by atoms with van der Waals surface area (Å²) in [7, 11) is 0. The van der Waals surface area contributed by atoms with E-state index in [0.717, 1.165) is 28.4 Å². The van der Waals surface area contributed by atoms with Crippen molar-refractivity contribution in [3.05, 3.63) is 35.5 Å². The second kappa shape index (κ2) is 5.93. The van der Waals surface area contributed by atoms with Crippen LogP contribution < -0.4 is 5.32 Å². The van der Waals surface area contributed by atoms with Gasteiger partial charge in [0.25, 0.3) is 0 Å². The highest BCUT2D eigenvalue weighted by Crippen LogP contribution is 2.28. The number of rotatable bonds is 5. The van der Waals surface area contributed by atoms with Crippen LogP contribution in [0.2, 0.25) is 0 Å². The van der Waals surface area contributed by atoms with E-state index in [1.165, 1.54) is 35.2 Å². The first-order valence-electron chi connectivity index (χ1n) is 6.34. The summed E-state index contributed by atoms with van der Waals surface area (Å²) in [5.41, 5.74) is 1.71. The van der Waals surface area contributed by atoms with Crippen LogP contribution in [0.3, 0.4) is 0 Å². The fraction of sp³-hybridized carbons (Fsp3) is 0.286. The highest BCUT2D eigenvalue weighted by molar-refractivity contribution is 8.01. The maximum Gasteiger partial charge on any atom is 0.230 e. The molecule has 1 aliphatic rings. The summed E-state index contributed by atoms with van der Waals surface area (Å²) < 4.78 is 13.7. The Balaban J connectivity index is 1.58. The predicted molar refractivity (Wildman–Crippen MR) is 79.4 cm³/mol. The number of benzene rings is 1. The van der Waals surface area contributed by atoms with Gasteiger partial charge in [-0.2, -0.15) is 0 Å². The molecule has 104 valence electrons. The van der Waals surface area contributed by atoms with Crippen molar-refractivity contribution in [2.45, 2.75) is 23.2 Å². The van der Waals surface area contributed by atoms with Crippen molar-refractivity contribution < 1.29 is 9.18 Å². The standard InChI is InChI=1S/C14H13FN2OS2/c15-10-3-1-9(2-4-10)12-7-19-14(17-12)20-8-13(18)16-11-5-6-11/h1-4,7,11H,5-6,8H2,(H,16,18). The van der Waals surface area contributed by atoms with Gasteiger partial charge >= 0.3 is 0 Å². The largest absolute Gasteiger partial charge is 0.353 e. The van der Waals surface area contributed by atoms with Crippen LogP contribution in [-0.4, -0.2) is 22.7 Å². The lowest BCUT2D eigenvalue weighted by Crippen LogP contribution is -2.26. The number of amides is 1. The normalized spacial score (nSPS) is 14.2. The molecule has 1 heterocycles. The zero-order valence-corrected chi connectivity index (χ0v) is 12.3. The molecule has 2 aromatic rings. The smallest absolute Gasteiger partial charge is 0.230 e. The molecule has 1 aromatic heterocycles. The average Bonchev–Trinajstić information content (AvgIpc) is 3.12. The van der Waals surface area contributed by atoms with Gasteiger partial charge in [0.15, 0.2) is 4.34 Å². The van der Waals surface area contributed by atoms with Gasteiger partial charge in [-0.25, -0.2) is 9.37 Å². The molecule has 1 aliphatic carbocycles. The summed E-state index contributed by atoms with van der Waals surface area (Å²) in [4.78, 5) is 16.0. The fourth-order valence-corrected chi connectivity index (χ4v) is 3.35. The molecule has 1 amide bonds. The first-order valence-corrected chi connectivity index (χ1v) is 8.21. The summed E-state index contributed by atoms with van der Waals surface area (Å²) in [5, 5.41) is 4.87. The summed E-state index contributed by atoms with van der Waals surface area (Å²) in [5.74, 6) is 0.207. The summed E-state index contributed by atoms with van der Waals surface area (Å²) in [6.45, 7) is 0. The second-order valence-electron chi connectivity index (χ2n) is 4.64. The lowest BCUT2D eigenvalue weighted by molar-refractivity contribution is -0.118. The first-order chi connectivity index (χ1) is 9.70. The zero-order valence-electron chi connectivity index (χ0n) is 10.6. The third kappa shape index (κ3) is 3.58. The molecule has 0 spiro atoms. The van der Waals surface area contributed by atoms with Gasteiger partial charge in [0, 0.05) is 17.0 Å². The lowest BCUT2D eigenvalue weighted by atomic mass is 10.2. The van der Waals surface area contributed by atoms with Gasteiger partial charge in [-0.1, -0.05) is 11.8 Å². The van der Waals surface area contributed by atoms with E-state index in [4.69, 9.17) is 0 Å². The van der Waals surface area contributed by atoms with Crippen LogP contribution in [0.25, 0.3) is 11.3 Å². The van der Waals surface area contributed by atoms with Crippen molar-refractivity contribution in [3.8, 4) is 11.3 Å². The fourth-order valence-electron chi connectivity index (χ4n) is 1.70. The Hall–Kier alpha value is -1.40. The van der Waals surface area contributed by atoms with E-state index in [0.29, 0.717) is 11.8 Å². The molecule has 1 fully saturated rings. The van der Waals surface area contributed by atoms with E-state index in [2.05, 4.69) is 10.3 Å². The Kier molecular flexibility index (Phi) is 4.03. The van der Waals surface area contributed by atoms with Crippen LogP contribution in [0.5, 0.6) is 0 Å². The number of thiazole rings is 1. The van der Waals surface area contributed by atoms with Crippen molar-refractivity contribution >= 4 is 29.0 Å². The van der Waals surface area contributed by atoms with Crippen LogP contribution in [0.1, 0.15) is 12.8 Å². The van der Waals surface area contributed by atoms with Gasteiger partial charge in [0.05, 0.1) is 11.4 Å². The molecular formula is C14H13FN2OS2. The summed E-state index contributed by atoms with van der Waals surface area (Å²) in [6, 6.07) is 6.65. The quantitative estimate of drug-likeness (QED) is 0.862. The van der Waals surface area contributed by atoms with Crippen molar-refractivity contribution in [1.82, 2.24) is 10.3 Å². The molecule has 0 saturated heterocycles. The van der Waals surface area contributed by atoms with E-state index in [1.807, 2.05) is 5.38 Å². The Morgan fingerprint density at radius 1 is 1.40 bits per heavy atom. The predicted octanol–water partition coefficient (Wildman–Crippen LogP) is 3.32. The highest BCUT2D eigenvalue weighted by atomic mass is 32.2. The number of halogens is 1. The number of carbonyl (C=O) groups excluding carboxylic acids is 1. The van der Waals surface area contributed by atoms with E-state index in [-0.39, 0.29) is 11.7 Å². The Morgan fingerprint density at radius 2 is 2.15 bits per heavy atom. The van der Waals surface area contributed by atoms with Crippen molar-refractivity contribution in [3.63, 3.8) is 0 Å². The van der Waals surface area contributed by atoms with E-state index in [1.54, 1.807) is 12.1 Å². The van der Waals surface area contributed by atoms with Crippen LogP contribution in [0, 0.1) is 5.82 Å². The van der Waals surface area contributed by atoms with E-state index >= 15 is 0 Å². The zero-order chi connectivity index (χ0) is 13.9. The van der Waals surface area contributed by atoms with Gasteiger partial charge in [-0.15, -0.1) is 11.3 Å². The molecule has 20 heavy (non-hydrogen) atoms. The summed E-state index contributed by atoms with van der Waals surface area (Å²) >= 11 is 2.94. The number of nitrogens with zero attached hydrogens (tertiary/aromatic N) is 1. The summed E-state index contributed by atoms with van der Waals surface area (Å²) in [6.07, 6.45) is 2.20. The van der Waals surface area contributed by atoms with Gasteiger partial charge in [0.2, 0.25) is 5.91 Å². The molecule has 0 aliphatic heterocycles.